The summed E-state index contributed by atoms with van der Waals surface area (Å²) in [6.45, 7) is 8.97. The second kappa shape index (κ2) is 16.2. The van der Waals surface area contributed by atoms with E-state index in [1.165, 1.54) is 64.0 Å². The van der Waals surface area contributed by atoms with Gasteiger partial charge in [0.15, 0.2) is 17.5 Å². The van der Waals surface area contributed by atoms with Gasteiger partial charge < -0.3 is 0 Å². The van der Waals surface area contributed by atoms with Gasteiger partial charge in [0.2, 0.25) is 0 Å². The molecule has 0 fully saturated rings. The molecule has 0 radical (unpaired) electrons. The van der Waals surface area contributed by atoms with E-state index < -0.39 is 0 Å². The van der Waals surface area contributed by atoms with Crippen LogP contribution in [0.1, 0.15) is 60.3 Å². The van der Waals surface area contributed by atoms with Crippen molar-refractivity contribution in [1.29, 1.82) is 0 Å². The lowest BCUT2D eigenvalue weighted by molar-refractivity contribution is 0.660. The fourth-order valence-electron chi connectivity index (χ4n) is 8.85. The van der Waals surface area contributed by atoms with Gasteiger partial charge in [-0.1, -0.05) is 171 Å². The second-order valence-corrected chi connectivity index (χ2v) is 18.6. The molecule has 2 aliphatic carbocycles. The summed E-state index contributed by atoms with van der Waals surface area (Å²) in [5.41, 5.74) is 11.8. The van der Waals surface area contributed by atoms with Crippen molar-refractivity contribution >= 4 is 60.5 Å². The Morgan fingerprint density at radius 3 is 2.08 bits per heavy atom. The summed E-state index contributed by atoms with van der Waals surface area (Å²) >= 11 is 3.83. The van der Waals surface area contributed by atoms with Crippen LogP contribution in [0.3, 0.4) is 0 Å². The van der Waals surface area contributed by atoms with Crippen molar-refractivity contribution < 1.29 is 0 Å². The van der Waals surface area contributed by atoms with Gasteiger partial charge in [0.25, 0.3) is 0 Å². The fourth-order valence-corrected chi connectivity index (χ4v) is 11.3. The molecule has 0 bridgehead atoms. The highest BCUT2D eigenvalue weighted by molar-refractivity contribution is 8.00. The van der Waals surface area contributed by atoms with E-state index >= 15 is 0 Å². The van der Waals surface area contributed by atoms with E-state index in [9.17, 15) is 0 Å². The standard InChI is InChI=1S/C44H35N3S.C12H10S/c1-5-29(32-21-23-40-36(25-32)34-18-12-13-19-39(34)48-40)26-38-35(33-22-20-28(2)24-37(33)44(38,3)4)27-41-45-42(30-14-8-6-9-15-30)47-43(46-41)31-16-10-7-11-17-31;1-3-7-11-9(5-1)10-6-2-4-8-12(10)13-11/h5-27H,1-4H3;1-9,11H/b29-5+,35-27?,38-26+;. The maximum atomic E-state index is 5.04. The van der Waals surface area contributed by atoms with Crippen LogP contribution in [0.25, 0.3) is 60.2 Å². The van der Waals surface area contributed by atoms with Crippen LogP contribution in [-0.2, 0) is 5.41 Å². The quantitative estimate of drug-likeness (QED) is 0.173. The molecule has 2 aromatic heterocycles. The Morgan fingerprint density at radius 2 is 1.33 bits per heavy atom. The molecule has 6 aromatic carbocycles. The smallest absolute Gasteiger partial charge is 0.164 e. The first-order chi connectivity index (χ1) is 29.8. The van der Waals surface area contributed by atoms with Gasteiger partial charge in [-0.25, -0.2) is 15.0 Å². The van der Waals surface area contributed by atoms with Crippen molar-refractivity contribution in [3.05, 3.63) is 221 Å². The molecule has 296 valence electrons. The molecular formula is C56H45N3S2. The lowest BCUT2D eigenvalue weighted by Crippen LogP contribution is -2.15. The number of rotatable bonds is 5. The van der Waals surface area contributed by atoms with Crippen LogP contribution in [0.5, 0.6) is 0 Å². The summed E-state index contributed by atoms with van der Waals surface area (Å²) in [6, 6.07) is 51.4. The number of thiophene rings is 1. The number of aryl methyl sites for hydroxylation is 1. The number of fused-ring (bicyclic) bond motifs is 7. The van der Waals surface area contributed by atoms with Gasteiger partial charge in [-0.15, -0.1) is 23.1 Å². The van der Waals surface area contributed by atoms with E-state index in [4.69, 9.17) is 15.0 Å². The molecule has 2 atom stereocenters. The molecule has 8 aromatic rings. The first-order valence-electron chi connectivity index (χ1n) is 21.0. The van der Waals surface area contributed by atoms with E-state index in [0.29, 0.717) is 28.6 Å². The molecule has 0 saturated heterocycles. The van der Waals surface area contributed by atoms with Crippen LogP contribution in [0, 0.1) is 6.92 Å². The number of hydrogen-bond donors (Lipinski definition) is 0. The number of thioether (sulfide) groups is 1. The topological polar surface area (TPSA) is 38.7 Å². The van der Waals surface area contributed by atoms with E-state index in [1.807, 2.05) is 59.5 Å². The van der Waals surface area contributed by atoms with Crippen LogP contribution in [0.15, 0.2) is 193 Å². The van der Waals surface area contributed by atoms with Gasteiger partial charge in [0, 0.05) is 52.8 Å². The van der Waals surface area contributed by atoms with E-state index in [-0.39, 0.29) is 5.41 Å². The van der Waals surface area contributed by atoms with Gasteiger partial charge in [0.1, 0.15) is 0 Å². The lowest BCUT2D eigenvalue weighted by atomic mass is 9.80. The molecule has 0 amide bonds. The molecule has 5 heteroatoms. The third-order valence-corrected chi connectivity index (χ3v) is 14.5. The maximum absolute atomic E-state index is 5.04. The highest BCUT2D eigenvalue weighted by Gasteiger charge is 2.38. The van der Waals surface area contributed by atoms with Crippen LogP contribution in [0.2, 0.25) is 0 Å². The summed E-state index contributed by atoms with van der Waals surface area (Å²) in [5.74, 6) is 2.58. The highest BCUT2D eigenvalue weighted by Crippen LogP contribution is 2.52. The van der Waals surface area contributed by atoms with E-state index in [0.717, 1.165) is 16.7 Å². The Kier molecular flexibility index (Phi) is 10.3. The third-order valence-electron chi connectivity index (χ3n) is 12.0. The second-order valence-electron chi connectivity index (χ2n) is 16.3. The van der Waals surface area contributed by atoms with E-state index in [1.54, 1.807) is 0 Å². The lowest BCUT2D eigenvalue weighted by Gasteiger charge is -2.23. The van der Waals surface area contributed by atoms with E-state index in [2.05, 4.69) is 179 Å². The van der Waals surface area contributed by atoms with Gasteiger partial charge in [-0.05, 0) is 89.2 Å². The number of aromatic nitrogens is 3. The minimum atomic E-state index is -0.238. The molecule has 2 unspecified atom stereocenters. The monoisotopic (exact) mass is 823 g/mol. The van der Waals surface area contributed by atoms with Crippen LogP contribution in [0.4, 0.5) is 0 Å². The maximum Gasteiger partial charge on any atom is 0.164 e. The Hall–Kier alpha value is -6.40. The molecule has 1 aliphatic heterocycles. The summed E-state index contributed by atoms with van der Waals surface area (Å²) in [5, 5.41) is 3.26. The minimum Gasteiger partial charge on any atom is -0.209 e. The molecule has 0 saturated carbocycles. The number of hydrogen-bond acceptors (Lipinski definition) is 5. The van der Waals surface area contributed by atoms with Gasteiger partial charge >= 0.3 is 0 Å². The molecule has 3 heterocycles. The minimum absolute atomic E-state index is 0.238. The van der Waals surface area contributed by atoms with Crippen LogP contribution >= 0.6 is 23.1 Å². The van der Waals surface area contributed by atoms with Crippen LogP contribution < -0.4 is 0 Å². The normalized spacial score (nSPS) is 18.6. The molecule has 61 heavy (non-hydrogen) atoms. The predicted molar refractivity (Wildman–Crippen MR) is 261 cm³/mol. The zero-order valence-corrected chi connectivity index (χ0v) is 36.3. The Bertz CT molecular complexity index is 3050. The largest absolute Gasteiger partial charge is 0.209 e. The SMILES string of the molecule is C/C=C(\C=C1/C(=Cc2nc(-c3ccccc3)nc(-c3ccccc3)n2)c2ccc(C)cc2C1(C)C)c1ccc2sc3ccccc3c2c1.C1=CC2Sc3ccccc3C2C=C1. The number of nitrogens with zero attached hydrogens (tertiary/aromatic N) is 3. The Labute approximate surface area is 366 Å². The first kappa shape index (κ1) is 38.8. The first-order valence-corrected chi connectivity index (χ1v) is 22.6. The van der Waals surface area contributed by atoms with Crippen molar-refractivity contribution in [2.24, 2.45) is 0 Å². The van der Waals surface area contributed by atoms with Crippen molar-refractivity contribution in [3.8, 4) is 22.8 Å². The Morgan fingerprint density at radius 1 is 0.656 bits per heavy atom. The molecule has 0 spiro atoms. The summed E-state index contributed by atoms with van der Waals surface area (Å²) < 4.78 is 2.63. The molecule has 3 nitrogen and oxygen atoms in total. The number of allylic oxidation sites excluding steroid dienone is 8. The third kappa shape index (κ3) is 7.43. The zero-order valence-electron chi connectivity index (χ0n) is 34.7. The van der Waals surface area contributed by atoms with Crippen LogP contribution in [-0.4, -0.2) is 20.2 Å². The molecule has 0 N–H and O–H groups in total. The average molecular weight is 824 g/mol. The summed E-state index contributed by atoms with van der Waals surface area (Å²) in [7, 11) is 0. The Balaban J connectivity index is 0.000000289. The average Bonchev–Trinajstić information content (AvgIpc) is 3.93. The predicted octanol–water partition coefficient (Wildman–Crippen LogP) is 15.1. The van der Waals surface area contributed by atoms with Gasteiger partial charge in [-0.3, -0.25) is 0 Å². The van der Waals surface area contributed by atoms with Crippen molar-refractivity contribution in [2.75, 3.05) is 0 Å². The summed E-state index contributed by atoms with van der Waals surface area (Å²) in [4.78, 5) is 16.5. The molecule has 11 rings (SSSR count). The van der Waals surface area contributed by atoms with Gasteiger partial charge in [0.05, 0.1) is 0 Å². The molecular weight excluding hydrogens is 779 g/mol. The van der Waals surface area contributed by atoms with Gasteiger partial charge in [-0.2, -0.15) is 0 Å². The highest BCUT2D eigenvalue weighted by atomic mass is 32.2. The van der Waals surface area contributed by atoms with Crippen molar-refractivity contribution in [3.63, 3.8) is 0 Å². The zero-order chi connectivity index (χ0) is 41.5. The summed E-state index contributed by atoms with van der Waals surface area (Å²) in [6.07, 6.45) is 15.7. The molecule has 3 aliphatic rings. The van der Waals surface area contributed by atoms with Crippen molar-refractivity contribution in [2.45, 2.75) is 49.2 Å². The van der Waals surface area contributed by atoms with Crippen molar-refractivity contribution in [1.82, 2.24) is 15.0 Å². The number of benzene rings is 6. The fraction of sp³-hybridized carbons (Fsp3) is 0.125.